The minimum absolute atomic E-state index is 0.00152. The maximum Gasteiger partial charge on any atom is 0.309 e. The Bertz CT molecular complexity index is 2140. The standard InChI is InChI=1S/C45H59ClN4O6/c1-25(2)34-28(51)21-45(37-36(46)38(53)50(49(37)10)32-14-11-26(23-47)24-48-32)20-19-43(8)27(35(34)45)12-13-30-42(7)17-16-31(56-33(52)22-40(3,4)39(54)55)41(5,6)29(42)15-18-44(30,43)9/h11,14,24-25,27,29-31H,12-13,15-22H2,1-10H3,(H,54,55)/t27?,29-,30+,31-,42-,43+,44+,45+/m0/s1. The Morgan fingerprint density at radius 2 is 1.71 bits per heavy atom. The molecule has 5 aliphatic carbocycles. The fourth-order valence-corrected chi connectivity index (χ4v) is 14.0. The quantitative estimate of drug-likeness (QED) is 0.275. The Kier molecular flexibility index (Phi) is 9.51. The molecule has 302 valence electrons. The van der Waals surface area contributed by atoms with Gasteiger partial charge in [0.25, 0.3) is 5.56 Å². The summed E-state index contributed by atoms with van der Waals surface area (Å²) < 4.78 is 9.46. The number of hydrogen-bond donors (Lipinski definition) is 1. The molecule has 0 bridgehead atoms. The predicted molar refractivity (Wildman–Crippen MR) is 213 cm³/mol. The fourth-order valence-electron chi connectivity index (χ4n) is 13.7. The minimum atomic E-state index is -1.19. The number of aliphatic carboxylic acids is 1. The number of nitriles is 1. The largest absolute Gasteiger partial charge is 0.481 e. The molecule has 11 heteroatoms. The molecule has 5 aliphatic rings. The molecule has 10 nitrogen and oxygen atoms in total. The number of halogens is 1. The van der Waals surface area contributed by atoms with Gasteiger partial charge in [0.15, 0.2) is 11.6 Å². The molecule has 4 saturated carbocycles. The molecule has 0 radical (unpaired) electrons. The molecule has 56 heavy (non-hydrogen) atoms. The smallest absolute Gasteiger partial charge is 0.309 e. The Morgan fingerprint density at radius 3 is 2.32 bits per heavy atom. The van der Waals surface area contributed by atoms with Crippen molar-refractivity contribution in [2.75, 3.05) is 0 Å². The Balaban J connectivity index is 1.26. The number of carbonyl (C=O) groups excluding carboxylic acids is 2. The maximum atomic E-state index is 14.4. The third-order valence-corrected chi connectivity index (χ3v) is 16.9. The molecule has 8 atom stereocenters. The first-order valence-electron chi connectivity index (χ1n) is 20.6. The summed E-state index contributed by atoms with van der Waals surface area (Å²) in [5, 5.41) is 19.1. The van der Waals surface area contributed by atoms with Crippen LogP contribution in [0.15, 0.2) is 34.3 Å². The van der Waals surface area contributed by atoms with E-state index in [9.17, 15) is 29.5 Å². The zero-order chi connectivity index (χ0) is 41.1. The molecule has 0 aromatic carbocycles. The summed E-state index contributed by atoms with van der Waals surface area (Å²) in [6.45, 7) is 19.3. The molecule has 2 aromatic rings. The van der Waals surface area contributed by atoms with Crippen LogP contribution in [0.25, 0.3) is 5.82 Å². The summed E-state index contributed by atoms with van der Waals surface area (Å²) in [6.07, 6.45) is 8.52. The van der Waals surface area contributed by atoms with Crippen molar-refractivity contribution in [1.29, 1.82) is 5.26 Å². The monoisotopic (exact) mass is 786 g/mol. The Labute approximate surface area is 336 Å². The van der Waals surface area contributed by atoms with E-state index in [1.165, 1.54) is 16.5 Å². The van der Waals surface area contributed by atoms with E-state index in [1.54, 1.807) is 26.0 Å². The topological polar surface area (TPSA) is 144 Å². The van der Waals surface area contributed by atoms with Gasteiger partial charge >= 0.3 is 11.9 Å². The number of ether oxygens (including phenoxy) is 1. The van der Waals surface area contributed by atoms with Crippen molar-refractivity contribution in [1.82, 2.24) is 14.3 Å². The van der Waals surface area contributed by atoms with E-state index in [0.29, 0.717) is 35.3 Å². The number of fused-ring (bicyclic) bond motifs is 7. The SMILES string of the molecule is CC(C)C1=C2C3CC[C@@H]4[C@@]5(C)CC[C@H](OC(=O)CC(C)(C)C(=O)O)C(C)(C)[C@@H]5CC[C@@]4(C)[C@]3(C)CC[C@@]2(c2c(Cl)c(=O)n(-c3ccc(C#N)cn3)n2C)CC1=O. The van der Waals surface area contributed by atoms with Crippen LogP contribution in [0.1, 0.15) is 138 Å². The summed E-state index contributed by atoms with van der Waals surface area (Å²) in [6, 6.07) is 5.38. The van der Waals surface area contributed by atoms with Crippen molar-refractivity contribution in [3.05, 3.63) is 56.1 Å². The molecule has 1 unspecified atom stereocenters. The molecule has 1 N–H and O–H groups in total. The molecule has 2 aromatic heterocycles. The van der Waals surface area contributed by atoms with E-state index < -0.39 is 22.8 Å². The first-order chi connectivity index (χ1) is 26.0. The lowest BCUT2D eigenvalue weighted by Crippen LogP contribution is -2.66. The van der Waals surface area contributed by atoms with Gasteiger partial charge in [-0.3, -0.25) is 23.9 Å². The molecule has 7 rings (SSSR count). The van der Waals surface area contributed by atoms with Gasteiger partial charge in [0, 0.05) is 30.5 Å². The molecule has 4 fully saturated rings. The second kappa shape index (κ2) is 13.2. The number of allylic oxidation sites excluding steroid dienone is 2. The number of carbonyl (C=O) groups is 3. The number of pyridine rings is 1. The predicted octanol–water partition coefficient (Wildman–Crippen LogP) is 8.74. The summed E-state index contributed by atoms with van der Waals surface area (Å²) in [4.78, 5) is 57.8. The van der Waals surface area contributed by atoms with Crippen LogP contribution in [0.3, 0.4) is 0 Å². The third kappa shape index (κ3) is 5.48. The molecular weight excluding hydrogens is 728 g/mol. The van der Waals surface area contributed by atoms with E-state index in [-0.39, 0.29) is 68.8 Å². The molecular formula is C45H59ClN4O6. The van der Waals surface area contributed by atoms with Crippen LogP contribution in [0, 0.1) is 62.1 Å². The Morgan fingerprint density at radius 1 is 1.02 bits per heavy atom. The zero-order valence-electron chi connectivity index (χ0n) is 34.8. The first kappa shape index (κ1) is 40.5. The number of aromatic nitrogens is 3. The number of carboxylic acids is 1. The van der Waals surface area contributed by atoms with E-state index in [2.05, 4.69) is 59.5 Å². The zero-order valence-corrected chi connectivity index (χ0v) is 35.6. The van der Waals surface area contributed by atoms with Crippen LogP contribution >= 0.6 is 11.6 Å². The van der Waals surface area contributed by atoms with Crippen LogP contribution in [0.5, 0.6) is 0 Å². The first-order valence-corrected chi connectivity index (χ1v) is 20.9. The van der Waals surface area contributed by atoms with Gasteiger partial charge in [-0.15, -0.1) is 0 Å². The second-order valence-electron chi connectivity index (χ2n) is 20.3. The molecule has 0 aliphatic heterocycles. The highest BCUT2D eigenvalue weighted by Gasteiger charge is 2.71. The van der Waals surface area contributed by atoms with Gasteiger partial charge in [-0.1, -0.05) is 60.1 Å². The highest BCUT2D eigenvalue weighted by molar-refractivity contribution is 6.31. The molecule has 2 heterocycles. The third-order valence-electron chi connectivity index (χ3n) is 16.6. The van der Waals surface area contributed by atoms with Gasteiger partial charge in [-0.2, -0.15) is 9.94 Å². The van der Waals surface area contributed by atoms with Crippen LogP contribution in [-0.4, -0.2) is 43.3 Å². The molecule has 0 spiro atoms. The number of hydrogen-bond acceptors (Lipinski definition) is 7. The van der Waals surface area contributed by atoms with Gasteiger partial charge in [-0.05, 0) is 128 Å². The number of esters is 1. The number of carboxylic acid groups (broad SMARTS) is 1. The van der Waals surface area contributed by atoms with Gasteiger partial charge in [0.1, 0.15) is 17.2 Å². The van der Waals surface area contributed by atoms with E-state index in [4.69, 9.17) is 16.3 Å². The van der Waals surface area contributed by atoms with E-state index >= 15 is 0 Å². The maximum absolute atomic E-state index is 14.4. The minimum Gasteiger partial charge on any atom is -0.481 e. The number of Topliss-reactive ketones (excluding diaryl/α,β-unsaturated/α-hetero) is 1. The molecule has 0 saturated heterocycles. The van der Waals surface area contributed by atoms with Gasteiger partial charge in [-0.25, -0.2) is 4.98 Å². The van der Waals surface area contributed by atoms with Crippen molar-refractivity contribution in [2.45, 2.75) is 138 Å². The lowest BCUT2D eigenvalue weighted by Gasteiger charge is -2.72. The van der Waals surface area contributed by atoms with Crippen LogP contribution in [-0.2, 0) is 31.6 Å². The number of ketones is 1. The van der Waals surface area contributed by atoms with Gasteiger partial charge in [0.05, 0.1) is 23.1 Å². The van der Waals surface area contributed by atoms with Gasteiger partial charge in [0.2, 0.25) is 0 Å². The average Bonchev–Trinajstić information content (AvgIpc) is 3.54. The summed E-state index contributed by atoms with van der Waals surface area (Å²) in [5.41, 5.74) is 0.444. The van der Waals surface area contributed by atoms with Crippen LogP contribution in [0.4, 0.5) is 0 Å². The van der Waals surface area contributed by atoms with Crippen LogP contribution < -0.4 is 5.56 Å². The normalized spacial score (nSPS) is 34.9. The lowest BCUT2D eigenvalue weighted by molar-refractivity contribution is -0.232. The van der Waals surface area contributed by atoms with Crippen molar-refractivity contribution in [2.24, 2.45) is 57.8 Å². The Hall–Kier alpha value is -3.71. The van der Waals surface area contributed by atoms with Crippen molar-refractivity contribution in [3.63, 3.8) is 0 Å². The molecule has 0 amide bonds. The summed E-state index contributed by atoms with van der Waals surface area (Å²) in [7, 11) is 1.84. The second-order valence-corrected chi connectivity index (χ2v) is 20.7. The van der Waals surface area contributed by atoms with E-state index in [0.717, 1.165) is 50.5 Å². The summed E-state index contributed by atoms with van der Waals surface area (Å²) in [5.74, 6) is -0.0556. The number of rotatable bonds is 7. The summed E-state index contributed by atoms with van der Waals surface area (Å²) >= 11 is 7.13. The number of nitrogens with zero attached hydrogens (tertiary/aromatic N) is 4. The van der Waals surface area contributed by atoms with Crippen LogP contribution in [0.2, 0.25) is 5.02 Å². The fraction of sp³-hybridized carbons (Fsp3) is 0.689. The van der Waals surface area contributed by atoms with Crippen molar-refractivity contribution in [3.8, 4) is 11.9 Å². The van der Waals surface area contributed by atoms with Crippen molar-refractivity contribution < 1.29 is 24.2 Å². The average molecular weight is 787 g/mol. The van der Waals surface area contributed by atoms with Crippen molar-refractivity contribution >= 4 is 29.3 Å². The van der Waals surface area contributed by atoms with Gasteiger partial charge < -0.3 is 9.84 Å². The lowest BCUT2D eigenvalue weighted by atomic mass is 9.33. The highest BCUT2D eigenvalue weighted by atomic mass is 35.5. The van der Waals surface area contributed by atoms with E-state index in [1.807, 2.05) is 11.7 Å². The highest BCUT2D eigenvalue weighted by Crippen LogP contribution is 2.77.